The van der Waals surface area contributed by atoms with Gasteiger partial charge >= 0.3 is 6.18 Å². The molecular formula is C24H21F3N4O2. The molecular weight excluding hydrogens is 433 g/mol. The highest BCUT2D eigenvalue weighted by atomic mass is 19.4. The minimum absolute atomic E-state index is 0.0784. The number of halogens is 3. The van der Waals surface area contributed by atoms with Crippen LogP contribution in [0.4, 0.5) is 13.2 Å². The number of nitrogens with zero attached hydrogens (tertiary/aromatic N) is 3. The average Bonchev–Trinajstić information content (AvgIpc) is 3.26. The quantitative estimate of drug-likeness (QED) is 0.648. The lowest BCUT2D eigenvalue weighted by Crippen LogP contribution is -2.77. The van der Waals surface area contributed by atoms with E-state index in [2.05, 4.69) is 15.4 Å². The number of carbonyl (C=O) groups is 1. The van der Waals surface area contributed by atoms with E-state index in [1.165, 1.54) is 0 Å². The van der Waals surface area contributed by atoms with Gasteiger partial charge in [-0.05, 0) is 61.4 Å². The van der Waals surface area contributed by atoms with Gasteiger partial charge in [0.2, 0.25) is 0 Å². The second-order valence-corrected chi connectivity index (χ2v) is 9.41. The summed E-state index contributed by atoms with van der Waals surface area (Å²) in [6.07, 6.45) is 2.26. The van der Waals surface area contributed by atoms with E-state index in [1.54, 1.807) is 12.3 Å². The number of hydrogen-bond acceptors (Lipinski definition) is 4. The number of fused-ring (bicyclic) bond motifs is 1. The van der Waals surface area contributed by atoms with Crippen molar-refractivity contribution in [2.24, 2.45) is 0 Å². The largest absolute Gasteiger partial charge is 0.480 e. The summed E-state index contributed by atoms with van der Waals surface area (Å²) in [5, 5.41) is 7.01. The van der Waals surface area contributed by atoms with E-state index in [-0.39, 0.29) is 16.9 Å². The maximum atomic E-state index is 12.9. The van der Waals surface area contributed by atoms with Gasteiger partial charge in [0.15, 0.2) is 11.9 Å². The number of hydrogen-bond donors (Lipinski definition) is 1. The van der Waals surface area contributed by atoms with Crippen LogP contribution in [0.1, 0.15) is 42.4 Å². The number of aromatic nitrogens is 3. The zero-order valence-electron chi connectivity index (χ0n) is 17.6. The Morgan fingerprint density at radius 3 is 2.73 bits per heavy atom. The Bertz CT molecular complexity index is 1230. The summed E-state index contributed by atoms with van der Waals surface area (Å²) in [4.78, 5) is 17.0. The molecule has 1 N–H and O–H groups in total. The fourth-order valence-corrected chi connectivity index (χ4v) is 5.55. The number of para-hydroxylation sites is 1. The van der Waals surface area contributed by atoms with E-state index in [0.717, 1.165) is 59.6 Å². The second-order valence-electron chi connectivity index (χ2n) is 9.41. The number of alkyl halides is 3. The predicted octanol–water partition coefficient (Wildman–Crippen LogP) is 3.97. The minimum atomic E-state index is -4.45. The predicted molar refractivity (Wildman–Crippen MR) is 112 cm³/mol. The van der Waals surface area contributed by atoms with Crippen molar-refractivity contribution < 1.29 is 22.7 Å². The Labute approximate surface area is 187 Å². The van der Waals surface area contributed by atoms with E-state index < -0.39 is 17.8 Å². The SMILES string of the molecule is O=C(NC12CC(c3ccnc(-n4cc(C(F)(F)F)cn4)c3)(C1)C2)C1CCc2ccccc2O1. The van der Waals surface area contributed by atoms with Gasteiger partial charge in [0.05, 0.1) is 11.8 Å². The van der Waals surface area contributed by atoms with Crippen molar-refractivity contribution in [3.05, 3.63) is 71.7 Å². The highest BCUT2D eigenvalue weighted by molar-refractivity contribution is 5.83. The summed E-state index contributed by atoms with van der Waals surface area (Å²) in [7, 11) is 0. The molecule has 6 nitrogen and oxygen atoms in total. The molecule has 170 valence electrons. The molecule has 2 aromatic heterocycles. The Morgan fingerprint density at radius 2 is 1.97 bits per heavy atom. The first-order valence-electron chi connectivity index (χ1n) is 10.9. The van der Waals surface area contributed by atoms with Crippen molar-refractivity contribution in [1.29, 1.82) is 0 Å². The summed E-state index contributed by atoms with van der Waals surface area (Å²) in [5.74, 6) is 1.04. The monoisotopic (exact) mass is 454 g/mol. The number of aryl methyl sites for hydroxylation is 1. The van der Waals surface area contributed by atoms with E-state index in [1.807, 2.05) is 30.3 Å². The number of ether oxygens (including phenoxy) is 1. The van der Waals surface area contributed by atoms with Crippen LogP contribution in [-0.2, 0) is 22.8 Å². The second kappa shape index (κ2) is 6.82. The van der Waals surface area contributed by atoms with Gasteiger partial charge in [-0.25, -0.2) is 9.67 Å². The molecule has 1 aromatic carbocycles. The first kappa shape index (κ1) is 20.3. The van der Waals surface area contributed by atoms with Gasteiger partial charge in [0.1, 0.15) is 5.75 Å². The zero-order valence-corrected chi connectivity index (χ0v) is 17.6. The number of carbonyl (C=O) groups excluding carboxylic acids is 1. The van der Waals surface area contributed by atoms with Gasteiger partial charge < -0.3 is 10.1 Å². The van der Waals surface area contributed by atoms with Gasteiger partial charge in [-0.3, -0.25) is 4.79 Å². The Hall–Kier alpha value is -3.36. The van der Waals surface area contributed by atoms with Crippen molar-refractivity contribution in [3.8, 4) is 11.6 Å². The topological polar surface area (TPSA) is 69.0 Å². The van der Waals surface area contributed by atoms with Crippen LogP contribution in [0, 0.1) is 0 Å². The number of pyridine rings is 1. The van der Waals surface area contributed by atoms with Gasteiger partial charge in [0, 0.05) is 23.3 Å². The lowest BCUT2D eigenvalue weighted by atomic mass is 9.37. The van der Waals surface area contributed by atoms with Gasteiger partial charge in [-0.15, -0.1) is 0 Å². The van der Waals surface area contributed by atoms with Crippen LogP contribution in [0.15, 0.2) is 55.0 Å². The van der Waals surface area contributed by atoms with Crippen LogP contribution < -0.4 is 10.1 Å². The zero-order chi connectivity index (χ0) is 22.8. The minimum Gasteiger partial charge on any atom is -0.480 e. The van der Waals surface area contributed by atoms with Crippen LogP contribution in [0.25, 0.3) is 5.82 Å². The van der Waals surface area contributed by atoms with Crippen molar-refractivity contribution in [3.63, 3.8) is 0 Å². The average molecular weight is 454 g/mol. The Morgan fingerprint density at radius 1 is 1.18 bits per heavy atom. The van der Waals surface area contributed by atoms with Gasteiger partial charge in [0.25, 0.3) is 5.91 Å². The molecule has 0 radical (unpaired) electrons. The molecule has 1 atom stereocenters. The molecule has 0 saturated heterocycles. The van der Waals surface area contributed by atoms with Crippen LogP contribution in [0.5, 0.6) is 5.75 Å². The van der Waals surface area contributed by atoms with Crippen LogP contribution in [0.3, 0.4) is 0 Å². The summed E-state index contributed by atoms with van der Waals surface area (Å²) in [6.45, 7) is 0. The normalized spacial score (nSPS) is 27.5. The van der Waals surface area contributed by atoms with Gasteiger partial charge in [-0.1, -0.05) is 18.2 Å². The molecule has 2 bridgehead atoms. The molecule has 7 rings (SSSR count). The lowest BCUT2D eigenvalue weighted by Gasteiger charge is -2.71. The molecule has 3 aliphatic carbocycles. The third-order valence-electron chi connectivity index (χ3n) is 7.13. The molecule has 3 heterocycles. The van der Waals surface area contributed by atoms with E-state index in [0.29, 0.717) is 12.2 Å². The third-order valence-corrected chi connectivity index (χ3v) is 7.13. The van der Waals surface area contributed by atoms with Crippen LogP contribution in [-0.4, -0.2) is 32.3 Å². The molecule has 1 aliphatic heterocycles. The highest BCUT2D eigenvalue weighted by Gasteiger charge is 2.69. The van der Waals surface area contributed by atoms with Crippen molar-refractivity contribution in [2.75, 3.05) is 0 Å². The molecule has 3 fully saturated rings. The Balaban J connectivity index is 1.12. The smallest absolute Gasteiger partial charge is 0.419 e. The number of amides is 1. The number of benzene rings is 1. The molecule has 4 aliphatic rings. The van der Waals surface area contributed by atoms with E-state index in [4.69, 9.17) is 4.74 Å². The fourth-order valence-electron chi connectivity index (χ4n) is 5.55. The van der Waals surface area contributed by atoms with Gasteiger partial charge in [-0.2, -0.15) is 18.3 Å². The maximum Gasteiger partial charge on any atom is 0.419 e. The molecule has 3 saturated carbocycles. The van der Waals surface area contributed by atoms with Crippen LogP contribution >= 0.6 is 0 Å². The summed E-state index contributed by atoms with van der Waals surface area (Å²) >= 11 is 0. The standard InChI is InChI=1S/C24H21F3N4O2/c25-24(26,27)17-10-29-31(11-17)20-9-16(7-8-28-20)22-12-23(13-22,14-22)30-21(32)19-6-5-15-3-1-2-4-18(15)33-19/h1-4,7-11,19H,5-6,12-14H2,(H,30,32). The first-order chi connectivity index (χ1) is 15.8. The number of nitrogens with one attached hydrogen (secondary N) is 1. The molecule has 1 amide bonds. The van der Waals surface area contributed by atoms with E-state index >= 15 is 0 Å². The van der Waals surface area contributed by atoms with E-state index in [9.17, 15) is 18.0 Å². The molecule has 3 aromatic rings. The van der Waals surface area contributed by atoms with Crippen molar-refractivity contribution in [1.82, 2.24) is 20.1 Å². The fraction of sp³-hybridized carbons (Fsp3) is 0.375. The van der Waals surface area contributed by atoms with Crippen molar-refractivity contribution >= 4 is 5.91 Å². The summed E-state index contributed by atoms with van der Waals surface area (Å²) < 4.78 is 45.7. The molecule has 9 heteroatoms. The van der Waals surface area contributed by atoms with Crippen LogP contribution in [0.2, 0.25) is 0 Å². The molecule has 33 heavy (non-hydrogen) atoms. The maximum absolute atomic E-state index is 12.9. The first-order valence-corrected chi connectivity index (χ1v) is 10.9. The third kappa shape index (κ3) is 3.29. The summed E-state index contributed by atoms with van der Waals surface area (Å²) in [5.41, 5.74) is 1.02. The lowest BCUT2D eigenvalue weighted by molar-refractivity contribution is -0.145. The summed E-state index contributed by atoms with van der Waals surface area (Å²) in [6, 6.07) is 11.5. The molecule has 0 spiro atoms. The molecule has 1 unspecified atom stereocenters. The Kier molecular flexibility index (Phi) is 4.19. The number of rotatable bonds is 4. The van der Waals surface area contributed by atoms with Crippen molar-refractivity contribution in [2.45, 2.75) is 55.3 Å². The highest BCUT2D eigenvalue weighted by Crippen LogP contribution is 2.67.